The van der Waals surface area contributed by atoms with Gasteiger partial charge in [-0.1, -0.05) is 42.5 Å². The van der Waals surface area contributed by atoms with E-state index in [0.717, 1.165) is 16.9 Å². The van der Waals surface area contributed by atoms with Gasteiger partial charge in [0.1, 0.15) is 23.7 Å². The van der Waals surface area contributed by atoms with E-state index in [1.807, 2.05) is 75.4 Å². The zero-order chi connectivity index (χ0) is 19.4. The van der Waals surface area contributed by atoms with E-state index >= 15 is 0 Å². The molecule has 3 rings (SSSR count). The Hall–Kier alpha value is -2.53. The lowest BCUT2D eigenvalue weighted by Crippen LogP contribution is -2.41. The van der Waals surface area contributed by atoms with Gasteiger partial charge in [0.2, 0.25) is 0 Å². The molecule has 0 N–H and O–H groups in total. The fraction of sp³-hybridized carbons (Fsp3) is 0.409. The average Bonchev–Trinajstić information content (AvgIpc) is 3.05. The van der Waals surface area contributed by atoms with Crippen LogP contribution in [0.5, 0.6) is 5.75 Å². The van der Waals surface area contributed by atoms with Crippen LogP contribution in [0.25, 0.3) is 0 Å². The number of benzene rings is 2. The standard InChI is InChI=1S/C22H27NO4/c1-22(2,3)27-21(24)23-15-19(17-10-6-5-7-11-17)26-20(23)14-16-9-8-12-18(13-16)25-4/h5-13,19-20H,14-15H2,1-4H3/t19-,20-/m0/s1. The first kappa shape index (κ1) is 19.2. The molecule has 0 bridgehead atoms. The molecule has 1 saturated heterocycles. The van der Waals surface area contributed by atoms with Gasteiger partial charge >= 0.3 is 6.09 Å². The van der Waals surface area contributed by atoms with Gasteiger partial charge in [-0.15, -0.1) is 0 Å². The maximum Gasteiger partial charge on any atom is 0.412 e. The molecule has 0 spiro atoms. The molecule has 27 heavy (non-hydrogen) atoms. The molecule has 5 nitrogen and oxygen atoms in total. The minimum atomic E-state index is -0.553. The fourth-order valence-corrected chi connectivity index (χ4v) is 3.13. The summed E-state index contributed by atoms with van der Waals surface area (Å²) >= 11 is 0. The third-order valence-electron chi connectivity index (χ3n) is 4.38. The Balaban J connectivity index is 1.81. The Morgan fingerprint density at radius 2 is 1.89 bits per heavy atom. The van der Waals surface area contributed by atoms with E-state index in [4.69, 9.17) is 14.2 Å². The van der Waals surface area contributed by atoms with Crippen LogP contribution in [0.4, 0.5) is 4.79 Å². The third-order valence-corrected chi connectivity index (χ3v) is 4.38. The Labute approximate surface area is 160 Å². The summed E-state index contributed by atoms with van der Waals surface area (Å²) in [7, 11) is 1.64. The van der Waals surface area contributed by atoms with Crippen molar-refractivity contribution in [1.82, 2.24) is 4.90 Å². The van der Waals surface area contributed by atoms with Gasteiger partial charge in [-0.2, -0.15) is 0 Å². The van der Waals surface area contributed by atoms with Crippen LogP contribution in [-0.2, 0) is 15.9 Å². The highest BCUT2D eigenvalue weighted by Crippen LogP contribution is 2.32. The second-order valence-electron chi connectivity index (χ2n) is 7.68. The summed E-state index contributed by atoms with van der Waals surface area (Å²) in [4.78, 5) is 14.4. The summed E-state index contributed by atoms with van der Waals surface area (Å²) in [5.74, 6) is 0.786. The van der Waals surface area contributed by atoms with Crippen LogP contribution in [0.3, 0.4) is 0 Å². The smallest absolute Gasteiger partial charge is 0.412 e. The maximum absolute atomic E-state index is 12.8. The Kier molecular flexibility index (Phi) is 5.71. The molecule has 2 aromatic rings. The van der Waals surface area contributed by atoms with Crippen LogP contribution >= 0.6 is 0 Å². The first-order valence-electron chi connectivity index (χ1n) is 9.18. The molecule has 0 radical (unpaired) electrons. The van der Waals surface area contributed by atoms with Crippen molar-refractivity contribution in [1.29, 1.82) is 0 Å². The Morgan fingerprint density at radius 1 is 1.15 bits per heavy atom. The SMILES string of the molecule is COc1cccc(C[C@@H]2O[C@H](c3ccccc3)CN2C(=O)OC(C)(C)C)c1. The van der Waals surface area contributed by atoms with E-state index in [2.05, 4.69) is 0 Å². The molecule has 1 heterocycles. The molecule has 1 fully saturated rings. The number of hydrogen-bond donors (Lipinski definition) is 0. The monoisotopic (exact) mass is 369 g/mol. The number of carbonyl (C=O) groups excluding carboxylic acids is 1. The summed E-state index contributed by atoms with van der Waals surface area (Å²) in [5.41, 5.74) is 1.54. The second kappa shape index (κ2) is 8.01. The molecular formula is C22H27NO4. The highest BCUT2D eigenvalue weighted by Gasteiger charge is 2.39. The summed E-state index contributed by atoms with van der Waals surface area (Å²) < 4.78 is 17.2. The summed E-state index contributed by atoms with van der Waals surface area (Å²) in [5, 5.41) is 0. The van der Waals surface area contributed by atoms with Gasteiger partial charge in [0.15, 0.2) is 0 Å². The summed E-state index contributed by atoms with van der Waals surface area (Å²) in [6.07, 6.45) is -0.347. The number of amides is 1. The van der Waals surface area contributed by atoms with E-state index in [9.17, 15) is 4.79 Å². The molecule has 1 aliphatic heterocycles. The normalized spacial score (nSPS) is 19.8. The summed E-state index contributed by atoms with van der Waals surface area (Å²) in [6, 6.07) is 17.8. The van der Waals surface area contributed by atoms with Crippen molar-refractivity contribution in [3.05, 3.63) is 65.7 Å². The fourth-order valence-electron chi connectivity index (χ4n) is 3.13. The molecule has 1 aliphatic rings. The Morgan fingerprint density at radius 3 is 2.56 bits per heavy atom. The highest BCUT2D eigenvalue weighted by molar-refractivity contribution is 5.69. The topological polar surface area (TPSA) is 48.0 Å². The molecule has 1 amide bonds. The minimum absolute atomic E-state index is 0.172. The highest BCUT2D eigenvalue weighted by atomic mass is 16.6. The van der Waals surface area contributed by atoms with E-state index in [1.54, 1.807) is 12.0 Å². The largest absolute Gasteiger partial charge is 0.497 e. The van der Waals surface area contributed by atoms with Crippen LogP contribution in [0.1, 0.15) is 38.0 Å². The molecule has 2 atom stereocenters. The molecule has 0 aromatic heterocycles. The molecule has 144 valence electrons. The average molecular weight is 369 g/mol. The van der Waals surface area contributed by atoms with Gasteiger partial charge in [0, 0.05) is 6.42 Å². The zero-order valence-electron chi connectivity index (χ0n) is 16.3. The zero-order valence-corrected chi connectivity index (χ0v) is 16.3. The first-order chi connectivity index (χ1) is 12.9. The van der Waals surface area contributed by atoms with Gasteiger partial charge in [-0.3, -0.25) is 4.90 Å². The third kappa shape index (κ3) is 5.01. The summed E-state index contributed by atoms with van der Waals surface area (Å²) in [6.45, 7) is 6.07. The van der Waals surface area contributed by atoms with Crippen molar-refractivity contribution >= 4 is 6.09 Å². The molecule has 5 heteroatoms. The number of methoxy groups -OCH3 is 1. The number of carbonyl (C=O) groups is 1. The lowest BCUT2D eigenvalue weighted by Gasteiger charge is -2.27. The first-order valence-corrected chi connectivity index (χ1v) is 9.18. The van der Waals surface area contributed by atoms with Gasteiger partial charge in [-0.25, -0.2) is 4.79 Å². The van der Waals surface area contributed by atoms with Crippen LogP contribution in [-0.4, -0.2) is 36.5 Å². The second-order valence-corrected chi connectivity index (χ2v) is 7.68. The quantitative estimate of drug-likeness (QED) is 0.792. The van der Waals surface area contributed by atoms with E-state index < -0.39 is 11.8 Å². The predicted molar refractivity (Wildman–Crippen MR) is 104 cm³/mol. The number of nitrogens with zero attached hydrogens (tertiary/aromatic N) is 1. The van der Waals surface area contributed by atoms with Crippen LogP contribution in [0.2, 0.25) is 0 Å². The predicted octanol–water partition coefficient (Wildman–Crippen LogP) is 4.57. The number of ether oxygens (including phenoxy) is 3. The van der Waals surface area contributed by atoms with Crippen molar-refractivity contribution in [2.45, 2.75) is 45.1 Å². The van der Waals surface area contributed by atoms with Crippen molar-refractivity contribution in [3.8, 4) is 5.75 Å². The van der Waals surface area contributed by atoms with Crippen LogP contribution in [0.15, 0.2) is 54.6 Å². The molecular weight excluding hydrogens is 342 g/mol. The lowest BCUT2D eigenvalue weighted by molar-refractivity contribution is -0.0209. The molecule has 0 aliphatic carbocycles. The van der Waals surface area contributed by atoms with E-state index in [1.165, 1.54) is 0 Å². The van der Waals surface area contributed by atoms with Gasteiger partial charge in [0.25, 0.3) is 0 Å². The maximum atomic E-state index is 12.8. The van der Waals surface area contributed by atoms with Crippen LogP contribution in [0, 0.1) is 0 Å². The van der Waals surface area contributed by atoms with Crippen molar-refractivity contribution in [3.63, 3.8) is 0 Å². The molecule has 0 unspecified atom stereocenters. The van der Waals surface area contributed by atoms with Gasteiger partial charge in [0.05, 0.1) is 13.7 Å². The minimum Gasteiger partial charge on any atom is -0.497 e. The van der Waals surface area contributed by atoms with Crippen molar-refractivity contribution in [2.24, 2.45) is 0 Å². The lowest BCUT2D eigenvalue weighted by atomic mass is 10.1. The van der Waals surface area contributed by atoms with Crippen molar-refractivity contribution < 1.29 is 19.0 Å². The van der Waals surface area contributed by atoms with Crippen LogP contribution < -0.4 is 4.74 Å². The number of rotatable bonds is 4. The van der Waals surface area contributed by atoms with Gasteiger partial charge in [-0.05, 0) is 44.0 Å². The van der Waals surface area contributed by atoms with Crippen molar-refractivity contribution in [2.75, 3.05) is 13.7 Å². The van der Waals surface area contributed by atoms with E-state index in [0.29, 0.717) is 13.0 Å². The van der Waals surface area contributed by atoms with E-state index in [-0.39, 0.29) is 12.2 Å². The molecule has 2 aromatic carbocycles. The number of hydrogen-bond acceptors (Lipinski definition) is 4. The Bertz CT molecular complexity index is 769. The van der Waals surface area contributed by atoms with Gasteiger partial charge < -0.3 is 14.2 Å². The molecule has 0 saturated carbocycles.